The molecular weight excluding hydrogens is 552 g/mol. The molecule has 6 aromatic carbocycles. The molecule has 2 aromatic heterocycles. The molecule has 1 aliphatic heterocycles. The van der Waals surface area contributed by atoms with Gasteiger partial charge in [0.05, 0.1) is 11.0 Å². The summed E-state index contributed by atoms with van der Waals surface area (Å²) in [6.07, 6.45) is -0.258. The Morgan fingerprint density at radius 1 is 0.622 bits per heavy atom. The minimum Gasteiger partial charge on any atom is -0.456 e. The summed E-state index contributed by atoms with van der Waals surface area (Å²) < 4.78 is 8.95. The van der Waals surface area contributed by atoms with E-state index in [9.17, 15) is 0 Å². The summed E-state index contributed by atoms with van der Waals surface area (Å²) in [6, 6.07) is 48.4. The van der Waals surface area contributed by atoms with Gasteiger partial charge in [-0.2, -0.15) is 0 Å². The highest BCUT2D eigenvalue weighted by Crippen LogP contribution is 2.39. The molecule has 0 aliphatic carbocycles. The average Bonchev–Trinajstić information content (AvgIpc) is 3.62. The summed E-state index contributed by atoms with van der Waals surface area (Å²) in [5.74, 6) is 1.49. The van der Waals surface area contributed by atoms with Crippen molar-refractivity contribution in [2.45, 2.75) is 13.1 Å². The van der Waals surface area contributed by atoms with Gasteiger partial charge in [-0.1, -0.05) is 97.1 Å². The third-order valence-corrected chi connectivity index (χ3v) is 8.77. The molecule has 1 aliphatic rings. The molecule has 8 aromatic rings. The quantitative estimate of drug-likeness (QED) is 0.225. The van der Waals surface area contributed by atoms with Gasteiger partial charge in [-0.3, -0.25) is 0 Å². The smallest absolute Gasteiger partial charge is 0.159 e. The molecule has 0 radical (unpaired) electrons. The summed E-state index contributed by atoms with van der Waals surface area (Å²) in [4.78, 5) is 10.0. The third-order valence-electron chi connectivity index (χ3n) is 8.77. The van der Waals surface area contributed by atoms with E-state index >= 15 is 0 Å². The van der Waals surface area contributed by atoms with Gasteiger partial charge < -0.3 is 14.3 Å². The number of furan rings is 1. The van der Waals surface area contributed by atoms with Crippen molar-refractivity contribution in [1.29, 1.82) is 0 Å². The number of fused-ring (bicyclic) bond motifs is 6. The molecule has 0 fully saturated rings. The lowest BCUT2D eigenvalue weighted by molar-refractivity contribution is 0.666. The van der Waals surface area contributed by atoms with E-state index in [2.05, 4.69) is 120 Å². The summed E-state index contributed by atoms with van der Waals surface area (Å²) in [7, 11) is 0. The topological polar surface area (TPSA) is 54.8 Å². The lowest BCUT2D eigenvalue weighted by atomic mass is 10.0. The number of rotatable bonds is 4. The van der Waals surface area contributed by atoms with Crippen LogP contribution in [0.25, 0.3) is 49.4 Å². The van der Waals surface area contributed by atoms with Gasteiger partial charge in [-0.25, -0.2) is 9.98 Å². The molecule has 0 spiro atoms. The number of nitrogens with one attached hydrogen (secondary N) is 1. The van der Waals surface area contributed by atoms with Gasteiger partial charge in [-0.05, 0) is 54.4 Å². The number of hydrogen-bond donors (Lipinski definition) is 1. The van der Waals surface area contributed by atoms with Crippen LogP contribution in [0.15, 0.2) is 154 Å². The van der Waals surface area contributed by atoms with Crippen molar-refractivity contribution in [3.05, 3.63) is 162 Å². The van der Waals surface area contributed by atoms with Gasteiger partial charge in [0.2, 0.25) is 0 Å². The zero-order chi connectivity index (χ0) is 29.9. The van der Waals surface area contributed by atoms with E-state index in [0.717, 1.165) is 61.2 Å². The second-order valence-electron chi connectivity index (χ2n) is 11.6. The van der Waals surface area contributed by atoms with Crippen LogP contribution in [0.1, 0.15) is 28.4 Å². The maximum absolute atomic E-state index is 6.63. The molecule has 1 unspecified atom stereocenters. The first-order valence-electron chi connectivity index (χ1n) is 15.2. The van der Waals surface area contributed by atoms with Crippen LogP contribution in [0, 0.1) is 6.92 Å². The van der Waals surface area contributed by atoms with Crippen LogP contribution in [0.2, 0.25) is 0 Å². The fraction of sp³-hybridized carbons (Fsp3) is 0.0500. The average molecular weight is 581 g/mol. The number of benzene rings is 6. The molecule has 0 bridgehead atoms. The number of nitrogens with zero attached hydrogens (tertiary/aromatic N) is 3. The molecule has 5 nitrogen and oxygen atoms in total. The highest BCUT2D eigenvalue weighted by atomic mass is 16.3. The normalized spacial score (nSPS) is 15.0. The Morgan fingerprint density at radius 3 is 2.09 bits per heavy atom. The molecule has 214 valence electrons. The molecule has 9 rings (SSSR count). The number of aryl methyl sites for hydroxylation is 1. The van der Waals surface area contributed by atoms with Crippen LogP contribution in [0.4, 0.5) is 0 Å². The van der Waals surface area contributed by atoms with E-state index < -0.39 is 0 Å². The minimum absolute atomic E-state index is 0.258. The van der Waals surface area contributed by atoms with Gasteiger partial charge in [-0.15, -0.1) is 0 Å². The first-order chi connectivity index (χ1) is 22.2. The number of aliphatic imine (C=N–C) groups is 2. The van der Waals surface area contributed by atoms with Crippen molar-refractivity contribution in [2.75, 3.05) is 0 Å². The number of para-hydroxylation sites is 2. The molecule has 5 heteroatoms. The Balaban J connectivity index is 1.22. The van der Waals surface area contributed by atoms with Crippen LogP contribution in [-0.4, -0.2) is 16.2 Å². The second kappa shape index (κ2) is 10.1. The minimum atomic E-state index is -0.258. The number of amidine groups is 2. The van der Waals surface area contributed by atoms with Crippen molar-refractivity contribution in [3.8, 4) is 5.69 Å². The Kier molecular flexibility index (Phi) is 5.72. The monoisotopic (exact) mass is 580 g/mol. The van der Waals surface area contributed by atoms with E-state index in [1.807, 2.05) is 36.4 Å². The first kappa shape index (κ1) is 25.5. The summed E-state index contributed by atoms with van der Waals surface area (Å²) in [5.41, 5.74) is 9.30. The predicted molar refractivity (Wildman–Crippen MR) is 185 cm³/mol. The van der Waals surface area contributed by atoms with Crippen LogP contribution in [0.5, 0.6) is 0 Å². The van der Waals surface area contributed by atoms with E-state index in [1.165, 1.54) is 16.3 Å². The second-order valence-corrected chi connectivity index (χ2v) is 11.6. The van der Waals surface area contributed by atoms with Crippen LogP contribution < -0.4 is 5.32 Å². The van der Waals surface area contributed by atoms with Gasteiger partial charge in [0.1, 0.15) is 23.2 Å². The van der Waals surface area contributed by atoms with Crippen LogP contribution >= 0.6 is 0 Å². The molecule has 0 amide bonds. The van der Waals surface area contributed by atoms with Gasteiger partial charge in [0, 0.05) is 44.4 Å². The van der Waals surface area contributed by atoms with Gasteiger partial charge >= 0.3 is 0 Å². The standard InChI is InChI=1S/C40H28N4O/c1-25-21-32-33-22-31-29-19-11-12-20-34(29)44(28-17-9-4-10-18-28)35(31)24-37(33)45-36(32)23-30(25)40-42-38(26-13-5-2-6-14-26)41-39(43-40)27-15-7-3-8-16-27/h2-24,38H,1H3,(H,41,42,43). The third kappa shape index (κ3) is 4.16. The van der Waals surface area contributed by atoms with E-state index in [4.69, 9.17) is 14.4 Å². The Morgan fingerprint density at radius 2 is 1.29 bits per heavy atom. The van der Waals surface area contributed by atoms with Crippen molar-refractivity contribution in [2.24, 2.45) is 9.98 Å². The molecular formula is C40H28N4O. The molecule has 1 N–H and O–H groups in total. The van der Waals surface area contributed by atoms with Crippen molar-refractivity contribution in [1.82, 2.24) is 9.88 Å². The molecule has 45 heavy (non-hydrogen) atoms. The fourth-order valence-corrected chi connectivity index (χ4v) is 6.61. The summed E-state index contributed by atoms with van der Waals surface area (Å²) >= 11 is 0. The molecule has 3 heterocycles. The lowest BCUT2D eigenvalue weighted by Crippen LogP contribution is -2.34. The predicted octanol–water partition coefficient (Wildman–Crippen LogP) is 9.49. The van der Waals surface area contributed by atoms with Crippen molar-refractivity contribution >= 4 is 55.4 Å². The van der Waals surface area contributed by atoms with Gasteiger partial charge in [0.15, 0.2) is 5.84 Å². The van der Waals surface area contributed by atoms with Crippen LogP contribution in [0.3, 0.4) is 0 Å². The zero-order valence-electron chi connectivity index (χ0n) is 24.6. The molecule has 0 saturated carbocycles. The summed E-state index contributed by atoms with van der Waals surface area (Å²) in [6.45, 7) is 2.14. The van der Waals surface area contributed by atoms with E-state index in [1.54, 1.807) is 0 Å². The molecule has 1 atom stereocenters. The molecule has 0 saturated heterocycles. The summed E-state index contributed by atoms with van der Waals surface area (Å²) in [5, 5.41) is 8.24. The number of hydrogen-bond acceptors (Lipinski definition) is 4. The first-order valence-corrected chi connectivity index (χ1v) is 15.2. The van der Waals surface area contributed by atoms with Crippen molar-refractivity contribution in [3.63, 3.8) is 0 Å². The Labute approximate surface area is 259 Å². The maximum Gasteiger partial charge on any atom is 0.159 e. The maximum atomic E-state index is 6.63. The SMILES string of the molecule is Cc1cc2c(cc1C1=NC(c3ccccc3)=NC(c3ccccc3)N1)oc1cc3c(cc12)c1ccccc1n3-c1ccccc1. The van der Waals surface area contributed by atoms with Crippen LogP contribution in [-0.2, 0) is 0 Å². The fourth-order valence-electron chi connectivity index (χ4n) is 6.61. The lowest BCUT2D eigenvalue weighted by Gasteiger charge is -2.24. The largest absolute Gasteiger partial charge is 0.456 e. The van der Waals surface area contributed by atoms with E-state index in [-0.39, 0.29) is 6.17 Å². The highest BCUT2D eigenvalue weighted by molar-refractivity contribution is 6.19. The zero-order valence-corrected chi connectivity index (χ0v) is 24.6. The highest BCUT2D eigenvalue weighted by Gasteiger charge is 2.23. The van der Waals surface area contributed by atoms with Crippen molar-refractivity contribution < 1.29 is 4.42 Å². The Bertz CT molecular complexity index is 2450. The number of aromatic nitrogens is 1. The van der Waals surface area contributed by atoms with Gasteiger partial charge in [0.25, 0.3) is 0 Å². The Hall–Kier alpha value is -5.94. The van der Waals surface area contributed by atoms with E-state index in [0.29, 0.717) is 5.84 Å².